The molecule has 3 nitrogen and oxygen atoms in total. The first-order valence-corrected chi connectivity index (χ1v) is 7.41. The molecule has 0 radical (unpaired) electrons. The quantitative estimate of drug-likeness (QED) is 0.804. The van der Waals surface area contributed by atoms with Crippen molar-refractivity contribution in [2.24, 2.45) is 5.92 Å². The number of ketones is 1. The van der Waals surface area contributed by atoms with E-state index in [4.69, 9.17) is 11.5 Å². The van der Waals surface area contributed by atoms with E-state index in [-0.39, 0.29) is 5.41 Å². The molecule has 3 heteroatoms. The third-order valence-corrected chi connectivity index (χ3v) is 3.68. The number of benzene rings is 1. The maximum Gasteiger partial charge on any atom is 0.133 e. The van der Waals surface area contributed by atoms with Gasteiger partial charge in [-0.15, -0.1) is 0 Å². The van der Waals surface area contributed by atoms with Crippen LogP contribution in [0.2, 0.25) is 0 Å². The average Bonchev–Trinajstić information content (AvgIpc) is 2.30. The van der Waals surface area contributed by atoms with E-state index in [0.717, 1.165) is 18.8 Å². The lowest BCUT2D eigenvalue weighted by Crippen LogP contribution is -2.22. The van der Waals surface area contributed by atoms with Crippen LogP contribution in [-0.2, 0) is 10.2 Å². The van der Waals surface area contributed by atoms with Gasteiger partial charge in [0.15, 0.2) is 0 Å². The Morgan fingerprint density at radius 3 is 2.15 bits per heavy atom. The van der Waals surface area contributed by atoms with Crippen LogP contribution in [0, 0.1) is 5.92 Å². The second-order valence-corrected chi connectivity index (χ2v) is 6.70. The molecule has 0 heterocycles. The van der Waals surface area contributed by atoms with Crippen LogP contribution in [0.3, 0.4) is 0 Å². The summed E-state index contributed by atoms with van der Waals surface area (Å²) in [4.78, 5) is 10.4. The number of carbonyl (C=O) groups is 1. The molecule has 1 fully saturated rings. The minimum absolute atomic E-state index is 0.141. The molecule has 0 spiro atoms. The molecule has 0 aliphatic heterocycles. The first-order chi connectivity index (χ1) is 9.24. The SMILES string of the molecule is CC(C)(C)c1ccc(N)c(N)c1.CCCC1CC(=O)C1. The van der Waals surface area contributed by atoms with Gasteiger partial charge in [-0.05, 0) is 35.4 Å². The van der Waals surface area contributed by atoms with Crippen LogP contribution in [0.4, 0.5) is 11.4 Å². The van der Waals surface area contributed by atoms with Crippen molar-refractivity contribution in [2.75, 3.05) is 11.5 Å². The van der Waals surface area contributed by atoms with Gasteiger partial charge in [0.25, 0.3) is 0 Å². The fourth-order valence-corrected chi connectivity index (χ4v) is 2.24. The van der Waals surface area contributed by atoms with Gasteiger partial charge >= 0.3 is 0 Å². The lowest BCUT2D eigenvalue weighted by Gasteiger charge is -2.22. The monoisotopic (exact) mass is 276 g/mol. The van der Waals surface area contributed by atoms with Crippen LogP contribution in [0.5, 0.6) is 0 Å². The molecule has 0 unspecified atom stereocenters. The maximum absolute atomic E-state index is 10.4. The van der Waals surface area contributed by atoms with Crippen molar-refractivity contribution < 1.29 is 4.79 Å². The minimum Gasteiger partial charge on any atom is -0.397 e. The van der Waals surface area contributed by atoms with E-state index in [2.05, 4.69) is 27.7 Å². The number of Topliss-reactive ketones (excluding diaryl/α,β-unsaturated/α-hetero) is 1. The molecule has 2 rings (SSSR count). The highest BCUT2D eigenvalue weighted by molar-refractivity contribution is 5.84. The van der Waals surface area contributed by atoms with Crippen LogP contribution >= 0.6 is 0 Å². The number of anilines is 2. The molecule has 0 amide bonds. The summed E-state index contributed by atoms with van der Waals surface area (Å²) < 4.78 is 0. The Balaban J connectivity index is 0.000000217. The first-order valence-electron chi connectivity index (χ1n) is 7.41. The second kappa shape index (κ2) is 6.78. The molecule has 1 saturated carbocycles. The molecule has 1 aromatic rings. The number of nitrogens with two attached hydrogens (primary N) is 2. The summed E-state index contributed by atoms with van der Waals surface area (Å²) in [5, 5.41) is 0. The third-order valence-electron chi connectivity index (χ3n) is 3.68. The predicted molar refractivity (Wildman–Crippen MR) is 86.6 cm³/mol. The van der Waals surface area contributed by atoms with Crippen molar-refractivity contribution in [1.29, 1.82) is 0 Å². The predicted octanol–water partition coefficient (Wildman–Crippen LogP) is 3.91. The molecule has 0 saturated heterocycles. The summed E-state index contributed by atoms with van der Waals surface area (Å²) in [6, 6.07) is 5.82. The third kappa shape index (κ3) is 4.87. The highest BCUT2D eigenvalue weighted by Gasteiger charge is 2.24. The van der Waals surface area contributed by atoms with Crippen molar-refractivity contribution in [3.05, 3.63) is 23.8 Å². The van der Waals surface area contributed by atoms with Crippen LogP contribution < -0.4 is 11.5 Å². The summed E-state index contributed by atoms with van der Waals surface area (Å²) in [5.41, 5.74) is 14.0. The standard InChI is InChI=1S/C10H16N2.C7H12O/c1-10(2,3)7-4-5-8(11)9(12)6-7;1-2-3-6-4-7(8)5-6/h4-6H,11-12H2,1-3H3;6H,2-5H2,1H3. The van der Waals surface area contributed by atoms with Gasteiger partial charge in [0.05, 0.1) is 11.4 Å². The summed E-state index contributed by atoms with van der Waals surface area (Å²) in [6.07, 6.45) is 4.23. The first kappa shape index (κ1) is 16.5. The van der Waals surface area contributed by atoms with Crippen molar-refractivity contribution in [1.82, 2.24) is 0 Å². The van der Waals surface area contributed by atoms with Gasteiger partial charge in [0, 0.05) is 12.8 Å². The van der Waals surface area contributed by atoms with E-state index in [9.17, 15) is 4.79 Å². The lowest BCUT2D eigenvalue weighted by molar-refractivity contribution is -0.127. The average molecular weight is 276 g/mol. The van der Waals surface area contributed by atoms with Crippen molar-refractivity contribution >= 4 is 17.2 Å². The van der Waals surface area contributed by atoms with Crippen LogP contribution in [0.25, 0.3) is 0 Å². The van der Waals surface area contributed by atoms with Gasteiger partial charge in [-0.3, -0.25) is 4.79 Å². The number of rotatable bonds is 2. The van der Waals surface area contributed by atoms with E-state index in [1.54, 1.807) is 0 Å². The minimum atomic E-state index is 0.141. The van der Waals surface area contributed by atoms with E-state index < -0.39 is 0 Å². The largest absolute Gasteiger partial charge is 0.397 e. The zero-order chi connectivity index (χ0) is 15.3. The van der Waals surface area contributed by atoms with Gasteiger partial charge in [0.1, 0.15) is 5.78 Å². The molecular weight excluding hydrogens is 248 g/mol. The Hall–Kier alpha value is -1.51. The van der Waals surface area contributed by atoms with E-state index >= 15 is 0 Å². The molecule has 4 N–H and O–H groups in total. The summed E-state index contributed by atoms with van der Waals surface area (Å²) in [5.74, 6) is 1.22. The fraction of sp³-hybridized carbons (Fsp3) is 0.588. The Morgan fingerprint density at radius 2 is 1.75 bits per heavy atom. The Bertz CT molecular complexity index is 453. The van der Waals surface area contributed by atoms with Crippen LogP contribution in [0.15, 0.2) is 18.2 Å². The Morgan fingerprint density at radius 1 is 1.15 bits per heavy atom. The lowest BCUT2D eigenvalue weighted by atomic mass is 9.81. The number of hydrogen-bond acceptors (Lipinski definition) is 3. The van der Waals surface area contributed by atoms with Crippen molar-refractivity contribution in [2.45, 2.75) is 58.8 Å². The summed E-state index contributed by atoms with van der Waals surface area (Å²) >= 11 is 0. The molecular formula is C17H28N2O. The summed E-state index contributed by atoms with van der Waals surface area (Å²) in [6.45, 7) is 8.62. The van der Waals surface area contributed by atoms with E-state index in [0.29, 0.717) is 17.2 Å². The van der Waals surface area contributed by atoms with Gasteiger partial charge < -0.3 is 11.5 Å². The normalized spacial score (nSPS) is 15.3. The molecule has 0 atom stereocenters. The molecule has 0 aromatic heterocycles. The molecule has 20 heavy (non-hydrogen) atoms. The van der Waals surface area contributed by atoms with Crippen LogP contribution in [0.1, 0.15) is 58.9 Å². The highest BCUT2D eigenvalue weighted by Crippen LogP contribution is 2.27. The number of hydrogen-bond donors (Lipinski definition) is 2. The van der Waals surface area contributed by atoms with Gasteiger partial charge in [-0.25, -0.2) is 0 Å². The number of carbonyl (C=O) groups excluding carboxylic acids is 1. The van der Waals surface area contributed by atoms with Crippen molar-refractivity contribution in [3.63, 3.8) is 0 Å². The molecule has 1 aromatic carbocycles. The van der Waals surface area contributed by atoms with Gasteiger partial charge in [-0.1, -0.05) is 40.2 Å². The summed E-state index contributed by atoms with van der Waals surface area (Å²) in [7, 11) is 0. The van der Waals surface area contributed by atoms with E-state index in [1.165, 1.54) is 18.4 Å². The van der Waals surface area contributed by atoms with E-state index in [1.807, 2.05) is 18.2 Å². The maximum atomic E-state index is 10.4. The van der Waals surface area contributed by atoms with Crippen LogP contribution in [-0.4, -0.2) is 5.78 Å². The highest BCUT2D eigenvalue weighted by atomic mass is 16.1. The molecule has 1 aliphatic carbocycles. The zero-order valence-electron chi connectivity index (χ0n) is 13.2. The second-order valence-electron chi connectivity index (χ2n) is 6.70. The smallest absolute Gasteiger partial charge is 0.133 e. The topological polar surface area (TPSA) is 69.1 Å². The van der Waals surface area contributed by atoms with Crippen molar-refractivity contribution in [3.8, 4) is 0 Å². The zero-order valence-corrected chi connectivity index (χ0v) is 13.2. The molecule has 0 bridgehead atoms. The molecule has 112 valence electrons. The Kier molecular flexibility index (Phi) is 5.61. The number of nitrogen functional groups attached to an aromatic ring is 2. The van der Waals surface area contributed by atoms with Gasteiger partial charge in [0.2, 0.25) is 0 Å². The fourth-order valence-electron chi connectivity index (χ4n) is 2.24. The Labute approximate surface area is 122 Å². The van der Waals surface area contributed by atoms with Gasteiger partial charge in [-0.2, -0.15) is 0 Å². The molecule has 1 aliphatic rings.